The molecule has 0 aliphatic carbocycles. The Kier molecular flexibility index (Phi) is 5.51. The SMILES string of the molecule is COCCNc1nc(C)cc(C(=O)NC(C)C)n1. The van der Waals surface area contributed by atoms with Gasteiger partial charge in [-0.15, -0.1) is 0 Å². The van der Waals surface area contributed by atoms with Crippen molar-refractivity contribution in [2.75, 3.05) is 25.6 Å². The zero-order valence-electron chi connectivity index (χ0n) is 11.3. The molecule has 18 heavy (non-hydrogen) atoms. The van der Waals surface area contributed by atoms with Crippen LogP contribution in [0.2, 0.25) is 0 Å². The van der Waals surface area contributed by atoms with E-state index in [2.05, 4.69) is 20.6 Å². The molecule has 1 aromatic rings. The third-order valence-corrected chi connectivity index (χ3v) is 2.10. The van der Waals surface area contributed by atoms with Gasteiger partial charge in [-0.1, -0.05) is 0 Å². The fourth-order valence-electron chi connectivity index (χ4n) is 1.36. The minimum Gasteiger partial charge on any atom is -0.383 e. The number of carbonyl (C=O) groups is 1. The molecule has 0 saturated carbocycles. The minimum atomic E-state index is -0.190. The number of aromatic nitrogens is 2. The summed E-state index contributed by atoms with van der Waals surface area (Å²) in [6.45, 7) is 6.80. The molecule has 2 N–H and O–H groups in total. The van der Waals surface area contributed by atoms with Gasteiger partial charge in [0.2, 0.25) is 5.95 Å². The molecule has 6 nitrogen and oxygen atoms in total. The highest BCUT2D eigenvalue weighted by molar-refractivity contribution is 5.92. The summed E-state index contributed by atoms with van der Waals surface area (Å²) >= 11 is 0. The molecule has 6 heteroatoms. The van der Waals surface area contributed by atoms with Crippen molar-refractivity contribution < 1.29 is 9.53 Å². The molecule has 1 heterocycles. The van der Waals surface area contributed by atoms with Crippen LogP contribution < -0.4 is 10.6 Å². The number of anilines is 1. The number of carbonyl (C=O) groups excluding carboxylic acids is 1. The highest BCUT2D eigenvalue weighted by atomic mass is 16.5. The van der Waals surface area contributed by atoms with Gasteiger partial charge in [0.05, 0.1) is 6.61 Å². The molecule has 0 atom stereocenters. The van der Waals surface area contributed by atoms with Crippen LogP contribution >= 0.6 is 0 Å². The highest BCUT2D eigenvalue weighted by Gasteiger charge is 2.11. The second-order valence-electron chi connectivity index (χ2n) is 4.27. The highest BCUT2D eigenvalue weighted by Crippen LogP contribution is 2.05. The van der Waals surface area contributed by atoms with Crippen molar-refractivity contribution >= 4 is 11.9 Å². The topological polar surface area (TPSA) is 76.1 Å². The molecule has 0 spiro atoms. The van der Waals surface area contributed by atoms with E-state index in [4.69, 9.17) is 4.74 Å². The number of hydrogen-bond donors (Lipinski definition) is 2. The average molecular weight is 252 g/mol. The van der Waals surface area contributed by atoms with Crippen molar-refractivity contribution in [3.05, 3.63) is 17.5 Å². The Morgan fingerprint density at radius 1 is 1.44 bits per heavy atom. The summed E-state index contributed by atoms with van der Waals surface area (Å²) in [5.74, 6) is 0.256. The first kappa shape index (κ1) is 14.4. The Bertz CT molecular complexity index is 407. The van der Waals surface area contributed by atoms with E-state index >= 15 is 0 Å². The summed E-state index contributed by atoms with van der Waals surface area (Å²) in [6, 6.07) is 1.75. The molecule has 1 aromatic heterocycles. The molecule has 0 saturated heterocycles. The van der Waals surface area contributed by atoms with E-state index in [-0.39, 0.29) is 11.9 Å². The van der Waals surface area contributed by atoms with Crippen LogP contribution in [0.4, 0.5) is 5.95 Å². The number of nitrogens with one attached hydrogen (secondary N) is 2. The van der Waals surface area contributed by atoms with Crippen molar-refractivity contribution in [3.8, 4) is 0 Å². The van der Waals surface area contributed by atoms with E-state index in [1.54, 1.807) is 13.2 Å². The number of rotatable bonds is 6. The Balaban J connectivity index is 2.76. The third-order valence-electron chi connectivity index (χ3n) is 2.10. The summed E-state index contributed by atoms with van der Waals surface area (Å²) in [4.78, 5) is 20.2. The summed E-state index contributed by atoms with van der Waals surface area (Å²) in [5.41, 5.74) is 1.12. The van der Waals surface area contributed by atoms with Gasteiger partial charge in [0, 0.05) is 25.4 Å². The van der Waals surface area contributed by atoms with E-state index in [1.165, 1.54) is 0 Å². The van der Waals surface area contributed by atoms with Gasteiger partial charge in [-0.3, -0.25) is 4.79 Å². The fourth-order valence-corrected chi connectivity index (χ4v) is 1.36. The van der Waals surface area contributed by atoms with Gasteiger partial charge < -0.3 is 15.4 Å². The van der Waals surface area contributed by atoms with Crippen molar-refractivity contribution in [2.24, 2.45) is 0 Å². The second-order valence-corrected chi connectivity index (χ2v) is 4.27. The van der Waals surface area contributed by atoms with Crippen molar-refractivity contribution in [1.29, 1.82) is 0 Å². The lowest BCUT2D eigenvalue weighted by molar-refractivity contribution is 0.0938. The fraction of sp³-hybridized carbons (Fsp3) is 0.583. The smallest absolute Gasteiger partial charge is 0.270 e. The molecule has 0 fully saturated rings. The maximum atomic E-state index is 11.8. The summed E-state index contributed by atoms with van der Waals surface area (Å²) < 4.78 is 4.93. The lowest BCUT2D eigenvalue weighted by atomic mass is 10.3. The molecule has 0 aliphatic heterocycles. The molecule has 1 amide bonds. The predicted octanol–water partition coefficient (Wildman–Crippen LogP) is 0.982. The molecule has 0 aliphatic rings. The number of amides is 1. The molecule has 100 valence electrons. The van der Waals surface area contributed by atoms with Gasteiger partial charge in [-0.25, -0.2) is 9.97 Å². The molecule has 0 radical (unpaired) electrons. The van der Waals surface area contributed by atoms with Crippen LogP contribution in [0.5, 0.6) is 0 Å². The third kappa shape index (κ3) is 4.67. The Morgan fingerprint density at radius 2 is 2.17 bits per heavy atom. The maximum absolute atomic E-state index is 11.8. The first-order valence-corrected chi connectivity index (χ1v) is 5.92. The van der Waals surface area contributed by atoms with Crippen LogP contribution in [0, 0.1) is 6.92 Å². The lowest BCUT2D eigenvalue weighted by Crippen LogP contribution is -2.31. The van der Waals surface area contributed by atoms with Crippen molar-refractivity contribution in [2.45, 2.75) is 26.8 Å². The van der Waals surface area contributed by atoms with E-state index in [0.29, 0.717) is 24.8 Å². The predicted molar refractivity (Wildman–Crippen MR) is 69.7 cm³/mol. The number of hydrogen-bond acceptors (Lipinski definition) is 5. The van der Waals surface area contributed by atoms with Gasteiger partial charge in [0.15, 0.2) is 0 Å². The Hall–Kier alpha value is -1.69. The molecule has 1 rings (SSSR count). The standard InChI is InChI=1S/C12H20N4O2/c1-8(2)14-11(17)10-7-9(3)15-12(16-10)13-5-6-18-4/h7-8H,5-6H2,1-4H3,(H,14,17)(H,13,15,16). The first-order chi connectivity index (χ1) is 8.52. The van der Waals surface area contributed by atoms with Crippen LogP contribution in [0.15, 0.2) is 6.07 Å². The van der Waals surface area contributed by atoms with Gasteiger partial charge >= 0.3 is 0 Å². The number of ether oxygens (including phenoxy) is 1. The summed E-state index contributed by atoms with van der Waals surface area (Å²) in [6.07, 6.45) is 0. The van der Waals surface area contributed by atoms with Gasteiger partial charge in [0.25, 0.3) is 5.91 Å². The number of methoxy groups -OCH3 is 1. The van der Waals surface area contributed by atoms with Crippen LogP contribution in [0.1, 0.15) is 30.0 Å². The normalized spacial score (nSPS) is 10.5. The minimum absolute atomic E-state index is 0.0812. The van der Waals surface area contributed by atoms with Crippen LogP contribution in [0.3, 0.4) is 0 Å². The molecular weight excluding hydrogens is 232 g/mol. The molecular formula is C12H20N4O2. The molecule has 0 unspecified atom stereocenters. The van der Waals surface area contributed by atoms with E-state index in [1.807, 2.05) is 20.8 Å². The monoisotopic (exact) mass is 252 g/mol. The number of nitrogens with zero attached hydrogens (tertiary/aromatic N) is 2. The molecule has 0 aromatic carbocycles. The van der Waals surface area contributed by atoms with Crippen molar-refractivity contribution in [3.63, 3.8) is 0 Å². The zero-order valence-corrected chi connectivity index (χ0v) is 11.3. The quantitative estimate of drug-likeness (QED) is 0.738. The van der Waals surface area contributed by atoms with Crippen molar-refractivity contribution in [1.82, 2.24) is 15.3 Å². The Labute approximate surface area is 107 Å². The largest absolute Gasteiger partial charge is 0.383 e. The van der Waals surface area contributed by atoms with E-state index in [0.717, 1.165) is 5.69 Å². The van der Waals surface area contributed by atoms with E-state index in [9.17, 15) is 4.79 Å². The summed E-state index contributed by atoms with van der Waals surface area (Å²) in [7, 11) is 1.63. The zero-order chi connectivity index (χ0) is 13.5. The number of aryl methyl sites for hydroxylation is 1. The van der Waals surface area contributed by atoms with Crippen LogP contribution in [-0.4, -0.2) is 42.2 Å². The first-order valence-electron chi connectivity index (χ1n) is 5.92. The molecule has 0 bridgehead atoms. The summed E-state index contributed by atoms with van der Waals surface area (Å²) in [5, 5.41) is 5.81. The van der Waals surface area contributed by atoms with Gasteiger partial charge in [-0.2, -0.15) is 0 Å². The van der Waals surface area contributed by atoms with Crippen LogP contribution in [0.25, 0.3) is 0 Å². The Morgan fingerprint density at radius 3 is 2.78 bits per heavy atom. The average Bonchev–Trinajstić information content (AvgIpc) is 2.27. The maximum Gasteiger partial charge on any atom is 0.270 e. The second kappa shape index (κ2) is 6.90. The van der Waals surface area contributed by atoms with Crippen LogP contribution in [-0.2, 0) is 4.74 Å². The lowest BCUT2D eigenvalue weighted by Gasteiger charge is -2.10. The van der Waals surface area contributed by atoms with Gasteiger partial charge in [-0.05, 0) is 26.8 Å². The van der Waals surface area contributed by atoms with Gasteiger partial charge in [0.1, 0.15) is 5.69 Å². The van der Waals surface area contributed by atoms with E-state index < -0.39 is 0 Å².